The largest absolute Gasteiger partial charge is 0.465 e. The number of fused-ring (bicyclic) bond motifs is 2. The van der Waals surface area contributed by atoms with Crippen molar-refractivity contribution in [2.75, 3.05) is 13.1 Å². The topological polar surface area (TPSA) is 60.8 Å². The minimum Gasteiger partial charge on any atom is -0.465 e. The molecule has 2 bridgehead atoms. The fourth-order valence-corrected chi connectivity index (χ4v) is 2.56. The molecule has 1 heterocycles. The summed E-state index contributed by atoms with van der Waals surface area (Å²) in [5, 5.41) is 18.6. The number of carbonyl (C=O) groups is 1. The Hall–Kier alpha value is -0.770. The highest BCUT2D eigenvalue weighted by atomic mass is 16.4. The summed E-state index contributed by atoms with van der Waals surface area (Å²) in [5.41, 5.74) is 0. The number of hydrogen-bond donors (Lipinski definition) is 2. The lowest BCUT2D eigenvalue weighted by Gasteiger charge is -2.43. The summed E-state index contributed by atoms with van der Waals surface area (Å²) in [6.07, 6.45) is 1.98. The third kappa shape index (κ3) is 1.50. The van der Waals surface area contributed by atoms with Gasteiger partial charge in [0.05, 0.1) is 6.10 Å². The zero-order valence-electron chi connectivity index (χ0n) is 7.52. The standard InChI is InChI=1S/C9H15NO3/c11-8-6-2-1-3-7(8)5-10(4-6)9(12)13/h6-8,11H,1-5H2,(H,12,13). The van der Waals surface area contributed by atoms with Crippen LogP contribution in [0.25, 0.3) is 0 Å². The average molecular weight is 185 g/mol. The van der Waals surface area contributed by atoms with Crippen molar-refractivity contribution in [2.24, 2.45) is 11.8 Å². The first kappa shape index (κ1) is 8.81. The van der Waals surface area contributed by atoms with E-state index >= 15 is 0 Å². The lowest BCUT2D eigenvalue weighted by atomic mass is 9.75. The number of amides is 1. The average Bonchev–Trinajstić information content (AvgIpc) is 2.02. The van der Waals surface area contributed by atoms with Gasteiger partial charge in [-0.2, -0.15) is 0 Å². The monoisotopic (exact) mass is 185 g/mol. The van der Waals surface area contributed by atoms with E-state index in [1.54, 1.807) is 0 Å². The van der Waals surface area contributed by atoms with Crippen molar-refractivity contribution in [3.05, 3.63) is 0 Å². The van der Waals surface area contributed by atoms with Crippen molar-refractivity contribution >= 4 is 6.09 Å². The molecule has 2 rings (SSSR count). The zero-order valence-corrected chi connectivity index (χ0v) is 7.52. The molecule has 1 aliphatic carbocycles. The van der Waals surface area contributed by atoms with Gasteiger partial charge < -0.3 is 15.1 Å². The van der Waals surface area contributed by atoms with Crippen LogP contribution < -0.4 is 0 Å². The Morgan fingerprint density at radius 1 is 1.23 bits per heavy atom. The first-order chi connectivity index (χ1) is 6.18. The second-order valence-electron chi connectivity index (χ2n) is 4.13. The number of nitrogens with zero attached hydrogens (tertiary/aromatic N) is 1. The number of piperidine rings is 1. The van der Waals surface area contributed by atoms with Crippen LogP contribution in [0.4, 0.5) is 4.79 Å². The van der Waals surface area contributed by atoms with Crippen molar-refractivity contribution in [3.63, 3.8) is 0 Å². The minimum absolute atomic E-state index is 0.184. The van der Waals surface area contributed by atoms with E-state index in [0.29, 0.717) is 13.1 Å². The molecule has 4 nitrogen and oxygen atoms in total. The van der Waals surface area contributed by atoms with E-state index in [1.807, 2.05) is 0 Å². The molecule has 0 aromatic rings. The summed E-state index contributed by atoms with van der Waals surface area (Å²) in [6.45, 7) is 1.04. The third-order valence-electron chi connectivity index (χ3n) is 3.30. The SMILES string of the molecule is O=C(O)N1CC2CCCC(C1)C2O. The molecule has 1 aliphatic heterocycles. The predicted octanol–water partition coefficient (Wildman–Crippen LogP) is 0.757. The van der Waals surface area contributed by atoms with Crippen molar-refractivity contribution in [1.29, 1.82) is 0 Å². The summed E-state index contributed by atoms with van der Waals surface area (Å²) in [4.78, 5) is 12.2. The molecule has 0 aromatic carbocycles. The Morgan fingerprint density at radius 3 is 2.23 bits per heavy atom. The van der Waals surface area contributed by atoms with E-state index in [1.165, 1.54) is 4.90 Å². The molecular weight excluding hydrogens is 170 g/mol. The Bertz CT molecular complexity index is 205. The van der Waals surface area contributed by atoms with E-state index in [0.717, 1.165) is 19.3 Å². The van der Waals surface area contributed by atoms with Gasteiger partial charge in [0.2, 0.25) is 0 Å². The van der Waals surface area contributed by atoms with Crippen molar-refractivity contribution in [2.45, 2.75) is 25.4 Å². The molecule has 0 radical (unpaired) electrons. The summed E-state index contributed by atoms with van der Waals surface area (Å²) in [5.74, 6) is 0.368. The summed E-state index contributed by atoms with van der Waals surface area (Å²) in [7, 11) is 0. The molecule has 74 valence electrons. The van der Waals surface area contributed by atoms with E-state index in [-0.39, 0.29) is 17.9 Å². The molecule has 2 atom stereocenters. The smallest absolute Gasteiger partial charge is 0.407 e. The summed E-state index contributed by atoms with van der Waals surface area (Å²) >= 11 is 0. The normalized spacial score (nSPS) is 38.8. The Balaban J connectivity index is 2.07. The first-order valence-corrected chi connectivity index (χ1v) is 4.84. The van der Waals surface area contributed by atoms with Gasteiger partial charge in [0.15, 0.2) is 0 Å². The van der Waals surface area contributed by atoms with Crippen LogP contribution in [0.3, 0.4) is 0 Å². The lowest BCUT2D eigenvalue weighted by Crippen LogP contribution is -2.52. The number of aliphatic hydroxyl groups is 1. The number of aliphatic hydroxyl groups excluding tert-OH is 1. The lowest BCUT2D eigenvalue weighted by molar-refractivity contribution is -0.0423. The van der Waals surface area contributed by atoms with Gasteiger partial charge in [0, 0.05) is 24.9 Å². The molecule has 4 heteroatoms. The molecule has 1 saturated carbocycles. The first-order valence-electron chi connectivity index (χ1n) is 4.84. The third-order valence-corrected chi connectivity index (χ3v) is 3.30. The predicted molar refractivity (Wildman–Crippen MR) is 46.4 cm³/mol. The van der Waals surface area contributed by atoms with Crippen LogP contribution in [0, 0.1) is 11.8 Å². The number of rotatable bonds is 0. The zero-order chi connectivity index (χ0) is 9.42. The van der Waals surface area contributed by atoms with Crippen LogP contribution >= 0.6 is 0 Å². The maximum absolute atomic E-state index is 10.7. The van der Waals surface area contributed by atoms with E-state index in [4.69, 9.17) is 5.11 Å². The highest BCUT2D eigenvalue weighted by Crippen LogP contribution is 2.34. The summed E-state index contributed by atoms with van der Waals surface area (Å²) in [6, 6.07) is 0. The second-order valence-corrected chi connectivity index (χ2v) is 4.13. The molecule has 1 amide bonds. The van der Waals surface area contributed by atoms with Gasteiger partial charge in [-0.05, 0) is 12.8 Å². The maximum atomic E-state index is 10.7. The van der Waals surface area contributed by atoms with Crippen LogP contribution in [0.15, 0.2) is 0 Å². The molecule has 0 aromatic heterocycles. The quantitative estimate of drug-likeness (QED) is 0.585. The van der Waals surface area contributed by atoms with E-state index in [2.05, 4.69) is 0 Å². The van der Waals surface area contributed by atoms with Crippen LogP contribution in [-0.4, -0.2) is 40.4 Å². The Morgan fingerprint density at radius 2 is 1.77 bits per heavy atom. The summed E-state index contributed by atoms with van der Waals surface area (Å²) < 4.78 is 0. The number of hydrogen-bond acceptors (Lipinski definition) is 2. The highest BCUT2D eigenvalue weighted by Gasteiger charge is 2.39. The second kappa shape index (κ2) is 3.18. The van der Waals surface area contributed by atoms with Gasteiger partial charge in [0.25, 0.3) is 0 Å². The van der Waals surface area contributed by atoms with Crippen LogP contribution in [0.2, 0.25) is 0 Å². The number of likely N-dealkylation sites (tertiary alicyclic amines) is 1. The molecule has 2 fully saturated rings. The fraction of sp³-hybridized carbons (Fsp3) is 0.889. The molecular formula is C9H15NO3. The minimum atomic E-state index is -0.844. The fourth-order valence-electron chi connectivity index (χ4n) is 2.56. The molecule has 2 unspecified atom stereocenters. The van der Waals surface area contributed by atoms with Gasteiger partial charge in [0.1, 0.15) is 0 Å². The van der Waals surface area contributed by atoms with E-state index in [9.17, 15) is 9.90 Å². The molecule has 13 heavy (non-hydrogen) atoms. The van der Waals surface area contributed by atoms with Gasteiger partial charge in [-0.3, -0.25) is 0 Å². The Kier molecular flexibility index (Phi) is 2.15. The Labute approximate surface area is 77.2 Å². The van der Waals surface area contributed by atoms with Crippen LogP contribution in [-0.2, 0) is 0 Å². The van der Waals surface area contributed by atoms with Crippen molar-refractivity contribution < 1.29 is 15.0 Å². The van der Waals surface area contributed by atoms with Gasteiger partial charge >= 0.3 is 6.09 Å². The number of carboxylic acid groups (broad SMARTS) is 1. The molecule has 0 spiro atoms. The highest BCUT2D eigenvalue weighted by molar-refractivity contribution is 5.65. The molecule has 1 saturated heterocycles. The van der Waals surface area contributed by atoms with Crippen molar-refractivity contribution in [1.82, 2.24) is 4.90 Å². The van der Waals surface area contributed by atoms with Crippen LogP contribution in [0.1, 0.15) is 19.3 Å². The van der Waals surface area contributed by atoms with Gasteiger partial charge in [-0.25, -0.2) is 4.79 Å². The van der Waals surface area contributed by atoms with Gasteiger partial charge in [-0.1, -0.05) is 6.42 Å². The maximum Gasteiger partial charge on any atom is 0.407 e. The van der Waals surface area contributed by atoms with Crippen molar-refractivity contribution in [3.8, 4) is 0 Å². The van der Waals surface area contributed by atoms with Crippen LogP contribution in [0.5, 0.6) is 0 Å². The molecule has 2 aliphatic rings. The molecule has 2 N–H and O–H groups in total. The van der Waals surface area contributed by atoms with Gasteiger partial charge in [-0.15, -0.1) is 0 Å². The van der Waals surface area contributed by atoms with E-state index < -0.39 is 6.09 Å².